The van der Waals surface area contributed by atoms with Gasteiger partial charge in [-0.2, -0.15) is 9.78 Å². The van der Waals surface area contributed by atoms with Crippen molar-refractivity contribution in [3.05, 3.63) is 107 Å². The summed E-state index contributed by atoms with van der Waals surface area (Å²) in [5.74, 6) is 1.58. The van der Waals surface area contributed by atoms with Gasteiger partial charge in [0.05, 0.1) is 6.21 Å². The van der Waals surface area contributed by atoms with Crippen LogP contribution < -0.4 is 4.74 Å². The van der Waals surface area contributed by atoms with Crippen LogP contribution in [0.15, 0.2) is 95.4 Å². The summed E-state index contributed by atoms with van der Waals surface area (Å²) in [4.78, 5) is 0. The van der Waals surface area contributed by atoms with Crippen LogP contribution in [-0.4, -0.2) is 21.1 Å². The lowest BCUT2D eigenvalue weighted by Gasteiger charge is -2.06. The molecule has 1 heterocycles. The van der Waals surface area contributed by atoms with Gasteiger partial charge in [0.25, 0.3) is 0 Å². The highest BCUT2D eigenvalue weighted by atomic mass is 35.5. The predicted octanol–water partition coefficient (Wildman–Crippen LogP) is 5.69. The Morgan fingerprint density at radius 1 is 0.933 bits per heavy atom. The largest absolute Gasteiger partial charge is 0.489 e. The maximum Gasteiger partial charge on any atom is 0.212 e. The molecule has 1 aromatic heterocycles. The van der Waals surface area contributed by atoms with E-state index in [4.69, 9.17) is 16.3 Å². The first-order valence-electron chi connectivity index (χ1n) is 9.35. The van der Waals surface area contributed by atoms with Gasteiger partial charge in [-0.15, -0.1) is 10.2 Å². The van der Waals surface area contributed by atoms with E-state index >= 15 is 0 Å². The van der Waals surface area contributed by atoms with Gasteiger partial charge in [0.1, 0.15) is 18.7 Å². The van der Waals surface area contributed by atoms with Crippen LogP contribution in [0.4, 0.5) is 0 Å². The number of aromatic nitrogens is 3. The Bertz CT molecular complexity index is 1100. The summed E-state index contributed by atoms with van der Waals surface area (Å²) in [6.07, 6.45) is 3.37. The molecule has 4 aromatic rings. The molecule has 0 unspecified atom stereocenters. The number of hydrogen-bond donors (Lipinski definition) is 0. The van der Waals surface area contributed by atoms with Crippen LogP contribution >= 0.6 is 23.4 Å². The highest BCUT2D eigenvalue weighted by molar-refractivity contribution is 7.98. The molecule has 0 aliphatic carbocycles. The molecule has 0 bridgehead atoms. The van der Waals surface area contributed by atoms with E-state index in [1.807, 2.05) is 78.9 Å². The molecule has 7 heteroatoms. The number of nitrogens with zero attached hydrogens (tertiary/aromatic N) is 4. The van der Waals surface area contributed by atoms with E-state index in [1.165, 1.54) is 0 Å². The molecule has 0 radical (unpaired) electrons. The summed E-state index contributed by atoms with van der Waals surface area (Å²) in [6.45, 7) is 0.545. The van der Waals surface area contributed by atoms with Crippen molar-refractivity contribution in [1.29, 1.82) is 0 Å². The van der Waals surface area contributed by atoms with E-state index in [0.29, 0.717) is 6.61 Å². The van der Waals surface area contributed by atoms with Gasteiger partial charge in [-0.25, -0.2) is 0 Å². The molecule has 3 aromatic carbocycles. The second-order valence-electron chi connectivity index (χ2n) is 6.46. The molecule has 0 amide bonds. The normalized spacial score (nSPS) is 11.1. The van der Waals surface area contributed by atoms with Crippen LogP contribution in [0.5, 0.6) is 5.75 Å². The molecule has 4 rings (SSSR count). The van der Waals surface area contributed by atoms with Crippen molar-refractivity contribution in [2.45, 2.75) is 17.5 Å². The number of thioether (sulfide) groups is 1. The number of halogens is 1. The second-order valence-corrected chi connectivity index (χ2v) is 7.84. The van der Waals surface area contributed by atoms with E-state index in [-0.39, 0.29) is 0 Å². The second kappa shape index (κ2) is 10.1. The summed E-state index contributed by atoms with van der Waals surface area (Å²) in [5, 5.41) is 14.0. The molecule has 0 aliphatic heterocycles. The molecular weight excluding hydrogens is 416 g/mol. The van der Waals surface area contributed by atoms with Crippen molar-refractivity contribution in [3.63, 3.8) is 0 Å². The van der Waals surface area contributed by atoms with E-state index in [1.54, 1.807) is 29.0 Å². The topological polar surface area (TPSA) is 52.3 Å². The van der Waals surface area contributed by atoms with Gasteiger partial charge in [0, 0.05) is 10.8 Å². The van der Waals surface area contributed by atoms with Crippen LogP contribution in [0.1, 0.15) is 16.7 Å². The maximum absolute atomic E-state index is 5.93. The summed E-state index contributed by atoms with van der Waals surface area (Å²) in [7, 11) is 0. The fraction of sp³-hybridized carbons (Fsp3) is 0.0870. The quantitative estimate of drug-likeness (QED) is 0.264. The van der Waals surface area contributed by atoms with Crippen molar-refractivity contribution in [1.82, 2.24) is 14.9 Å². The van der Waals surface area contributed by atoms with Crippen molar-refractivity contribution in [2.75, 3.05) is 0 Å². The van der Waals surface area contributed by atoms with Crippen LogP contribution in [-0.2, 0) is 12.4 Å². The summed E-state index contributed by atoms with van der Waals surface area (Å²) in [5.41, 5.74) is 3.26. The van der Waals surface area contributed by atoms with Crippen LogP contribution in [0, 0.1) is 0 Å². The molecule has 0 saturated carbocycles. The first-order chi connectivity index (χ1) is 14.8. The SMILES string of the molecule is Clc1ccc(CSc2nncn2/N=C/c2ccc(OCc3ccccc3)cc2)cc1. The summed E-state index contributed by atoms with van der Waals surface area (Å²) >= 11 is 7.50. The first-order valence-corrected chi connectivity index (χ1v) is 10.7. The fourth-order valence-electron chi connectivity index (χ4n) is 2.64. The summed E-state index contributed by atoms with van der Waals surface area (Å²) in [6, 6.07) is 25.7. The third-order valence-electron chi connectivity index (χ3n) is 4.24. The Balaban J connectivity index is 1.33. The molecular formula is C23H19ClN4OS. The summed E-state index contributed by atoms with van der Waals surface area (Å²) < 4.78 is 7.48. The number of benzene rings is 3. The van der Waals surface area contributed by atoms with Crippen molar-refractivity contribution in [3.8, 4) is 5.75 Å². The molecule has 5 nitrogen and oxygen atoms in total. The highest BCUT2D eigenvalue weighted by Gasteiger charge is 2.05. The highest BCUT2D eigenvalue weighted by Crippen LogP contribution is 2.21. The van der Waals surface area contributed by atoms with Crippen molar-refractivity contribution in [2.24, 2.45) is 5.10 Å². The lowest BCUT2D eigenvalue weighted by molar-refractivity contribution is 0.306. The zero-order chi connectivity index (χ0) is 20.6. The van der Waals surface area contributed by atoms with E-state index < -0.39 is 0 Å². The molecule has 0 aliphatic rings. The minimum absolute atomic E-state index is 0.545. The Hall–Kier alpha value is -3.09. The van der Waals surface area contributed by atoms with Crippen LogP contribution in [0.25, 0.3) is 0 Å². The van der Waals surface area contributed by atoms with Crippen LogP contribution in [0.3, 0.4) is 0 Å². The Morgan fingerprint density at radius 3 is 2.47 bits per heavy atom. The average molecular weight is 435 g/mol. The average Bonchev–Trinajstić information content (AvgIpc) is 3.25. The van der Waals surface area contributed by atoms with Crippen LogP contribution in [0.2, 0.25) is 5.02 Å². The molecule has 0 saturated heterocycles. The zero-order valence-corrected chi connectivity index (χ0v) is 17.6. The van der Waals surface area contributed by atoms with Crippen molar-refractivity contribution < 1.29 is 4.74 Å². The minimum atomic E-state index is 0.545. The first kappa shape index (κ1) is 20.2. The molecule has 150 valence electrons. The lowest BCUT2D eigenvalue weighted by atomic mass is 10.2. The monoisotopic (exact) mass is 434 g/mol. The van der Waals surface area contributed by atoms with Gasteiger partial charge in [0.15, 0.2) is 0 Å². The maximum atomic E-state index is 5.93. The Morgan fingerprint density at radius 2 is 1.70 bits per heavy atom. The molecule has 30 heavy (non-hydrogen) atoms. The van der Waals surface area contributed by atoms with E-state index in [0.717, 1.165) is 38.4 Å². The van der Waals surface area contributed by atoms with Gasteiger partial charge in [0.2, 0.25) is 5.16 Å². The molecule has 0 N–H and O–H groups in total. The van der Waals surface area contributed by atoms with E-state index in [9.17, 15) is 0 Å². The molecule has 0 spiro atoms. The van der Waals surface area contributed by atoms with Gasteiger partial charge in [-0.3, -0.25) is 0 Å². The van der Waals surface area contributed by atoms with Gasteiger partial charge in [-0.05, 0) is 53.1 Å². The third kappa shape index (κ3) is 5.72. The molecule has 0 fully saturated rings. The minimum Gasteiger partial charge on any atom is -0.489 e. The zero-order valence-electron chi connectivity index (χ0n) is 16.1. The fourth-order valence-corrected chi connectivity index (χ4v) is 3.59. The third-order valence-corrected chi connectivity index (χ3v) is 5.50. The van der Waals surface area contributed by atoms with E-state index in [2.05, 4.69) is 15.3 Å². The predicted molar refractivity (Wildman–Crippen MR) is 121 cm³/mol. The lowest BCUT2D eigenvalue weighted by Crippen LogP contribution is -1.95. The number of hydrogen-bond acceptors (Lipinski definition) is 5. The smallest absolute Gasteiger partial charge is 0.212 e. The Labute approximate surface area is 184 Å². The molecule has 0 atom stereocenters. The van der Waals surface area contributed by atoms with Crippen molar-refractivity contribution >= 4 is 29.6 Å². The van der Waals surface area contributed by atoms with Gasteiger partial charge < -0.3 is 4.74 Å². The van der Waals surface area contributed by atoms with Gasteiger partial charge >= 0.3 is 0 Å². The number of rotatable bonds is 8. The Kier molecular flexibility index (Phi) is 6.79. The number of ether oxygens (including phenoxy) is 1. The standard InChI is InChI=1S/C23H19ClN4OS/c24-21-10-6-20(7-11-21)16-30-23-27-25-17-28(23)26-14-18-8-12-22(13-9-18)29-15-19-4-2-1-3-5-19/h1-14,17H,15-16H2/b26-14+. The van der Waals surface area contributed by atoms with Gasteiger partial charge in [-0.1, -0.05) is 65.8 Å².